The van der Waals surface area contributed by atoms with Crippen molar-refractivity contribution >= 4 is 29.0 Å². The largest absolute Gasteiger partial charge is 0.364 e. The highest BCUT2D eigenvalue weighted by Gasteiger charge is 2.09. The second-order valence-electron chi connectivity index (χ2n) is 3.37. The molecule has 1 heterocycles. The molecule has 7 heteroatoms. The Bertz CT molecular complexity index is 558. The molecule has 6 nitrogen and oxygen atoms in total. The number of nitrogens with zero attached hydrogens (tertiary/aromatic N) is 2. The Balaban J connectivity index is 2.10. The minimum Gasteiger partial charge on any atom is -0.364 e. The summed E-state index contributed by atoms with van der Waals surface area (Å²) in [7, 11) is 0. The first kappa shape index (κ1) is 12.1. The van der Waals surface area contributed by atoms with E-state index in [1.165, 1.54) is 12.4 Å². The van der Waals surface area contributed by atoms with Gasteiger partial charge in [0.15, 0.2) is 11.5 Å². The summed E-state index contributed by atoms with van der Waals surface area (Å²) < 4.78 is 0. The van der Waals surface area contributed by atoms with E-state index in [1.54, 1.807) is 24.3 Å². The summed E-state index contributed by atoms with van der Waals surface area (Å²) in [6.45, 7) is 0. The first-order chi connectivity index (χ1) is 8.66. The third-order valence-electron chi connectivity index (χ3n) is 2.10. The van der Waals surface area contributed by atoms with E-state index >= 15 is 0 Å². The quantitative estimate of drug-likeness (QED) is 0.730. The van der Waals surface area contributed by atoms with E-state index in [1.807, 2.05) is 0 Å². The van der Waals surface area contributed by atoms with E-state index < -0.39 is 5.91 Å². The van der Waals surface area contributed by atoms with Crippen LogP contribution in [0, 0.1) is 0 Å². The molecule has 0 radical (unpaired) electrons. The van der Waals surface area contributed by atoms with Gasteiger partial charge in [-0.15, -0.1) is 0 Å². The number of carbonyl (C=O) groups excluding carboxylic acids is 1. The van der Waals surface area contributed by atoms with Crippen LogP contribution in [0.25, 0.3) is 0 Å². The lowest BCUT2D eigenvalue weighted by Gasteiger charge is -2.10. The number of aromatic nitrogens is 2. The van der Waals surface area contributed by atoms with Crippen LogP contribution in [0.2, 0.25) is 5.02 Å². The fourth-order valence-corrected chi connectivity index (χ4v) is 1.40. The molecule has 0 saturated carbocycles. The fraction of sp³-hybridized carbons (Fsp3) is 0. The van der Waals surface area contributed by atoms with E-state index in [4.69, 9.17) is 17.3 Å². The minimum absolute atomic E-state index is 0.0685. The number of hydrogen-bond donors (Lipinski definition) is 3. The third kappa shape index (κ3) is 2.86. The molecule has 0 aliphatic heterocycles. The summed E-state index contributed by atoms with van der Waals surface area (Å²) in [5, 5.41) is 0.637. The zero-order chi connectivity index (χ0) is 13.0. The zero-order valence-electron chi connectivity index (χ0n) is 9.22. The van der Waals surface area contributed by atoms with Gasteiger partial charge in [-0.1, -0.05) is 11.6 Å². The predicted octanol–water partition coefficient (Wildman–Crippen LogP) is 1.67. The van der Waals surface area contributed by atoms with Crippen LogP contribution in [0.4, 0.5) is 11.5 Å². The van der Waals surface area contributed by atoms with Gasteiger partial charge in [0, 0.05) is 17.4 Å². The van der Waals surface area contributed by atoms with Crippen LogP contribution in [-0.2, 0) is 0 Å². The number of nitrogens with one attached hydrogen (secondary N) is 2. The molecule has 0 atom stereocenters. The van der Waals surface area contributed by atoms with E-state index in [9.17, 15) is 4.79 Å². The summed E-state index contributed by atoms with van der Waals surface area (Å²) in [6, 6.07) is 7.01. The smallest absolute Gasteiger partial charge is 0.271 e. The normalized spacial score (nSPS) is 9.83. The highest BCUT2D eigenvalue weighted by Crippen LogP contribution is 2.14. The third-order valence-corrected chi connectivity index (χ3v) is 2.35. The lowest BCUT2D eigenvalue weighted by Crippen LogP contribution is -2.19. The molecule has 1 aromatic carbocycles. The molecule has 1 aromatic heterocycles. The van der Waals surface area contributed by atoms with Crippen LogP contribution in [-0.4, -0.2) is 15.9 Å². The van der Waals surface area contributed by atoms with E-state index in [0.29, 0.717) is 5.02 Å². The fourth-order valence-electron chi connectivity index (χ4n) is 1.27. The van der Waals surface area contributed by atoms with Crippen molar-refractivity contribution < 1.29 is 4.79 Å². The number of rotatable bonds is 4. The lowest BCUT2D eigenvalue weighted by molar-refractivity contribution is 0.0996. The predicted molar refractivity (Wildman–Crippen MR) is 69.2 cm³/mol. The number of benzene rings is 1. The Morgan fingerprint density at radius 1 is 1.11 bits per heavy atom. The average molecular weight is 264 g/mol. The van der Waals surface area contributed by atoms with Crippen molar-refractivity contribution in [3.63, 3.8) is 0 Å². The van der Waals surface area contributed by atoms with Crippen LogP contribution < -0.4 is 16.6 Å². The number of anilines is 2. The molecule has 0 aliphatic rings. The van der Waals surface area contributed by atoms with Crippen LogP contribution in [0.1, 0.15) is 10.5 Å². The van der Waals surface area contributed by atoms with Gasteiger partial charge in [-0.05, 0) is 24.3 Å². The van der Waals surface area contributed by atoms with E-state index in [-0.39, 0.29) is 11.5 Å². The van der Waals surface area contributed by atoms with E-state index in [2.05, 4.69) is 20.8 Å². The summed E-state index contributed by atoms with van der Waals surface area (Å²) >= 11 is 5.76. The molecule has 18 heavy (non-hydrogen) atoms. The molecule has 0 unspecified atom stereocenters. The van der Waals surface area contributed by atoms with E-state index in [0.717, 1.165) is 5.69 Å². The van der Waals surface area contributed by atoms with Crippen LogP contribution in [0.3, 0.4) is 0 Å². The molecular weight excluding hydrogens is 254 g/mol. The number of hydrazine groups is 1. The Hall–Kier alpha value is -2.34. The molecule has 0 fully saturated rings. The molecule has 0 saturated heterocycles. The topological polar surface area (TPSA) is 92.9 Å². The molecular formula is C11H10ClN5O. The van der Waals surface area contributed by atoms with Crippen molar-refractivity contribution in [2.45, 2.75) is 0 Å². The van der Waals surface area contributed by atoms with Crippen molar-refractivity contribution in [2.75, 3.05) is 10.9 Å². The first-order valence-electron chi connectivity index (χ1n) is 5.05. The maximum atomic E-state index is 11.1. The van der Waals surface area contributed by atoms with Crippen LogP contribution in [0.5, 0.6) is 0 Å². The van der Waals surface area contributed by atoms with Crippen molar-refractivity contribution in [3.8, 4) is 0 Å². The average Bonchev–Trinajstić information content (AvgIpc) is 2.38. The molecule has 1 amide bonds. The first-order valence-corrected chi connectivity index (χ1v) is 5.43. The molecule has 4 N–H and O–H groups in total. The van der Waals surface area contributed by atoms with Gasteiger partial charge in [0.1, 0.15) is 0 Å². The number of hydrogen-bond acceptors (Lipinski definition) is 5. The van der Waals surface area contributed by atoms with Gasteiger partial charge in [-0.2, -0.15) is 0 Å². The highest BCUT2D eigenvalue weighted by molar-refractivity contribution is 6.30. The number of nitrogens with two attached hydrogens (primary N) is 1. The summed E-state index contributed by atoms with van der Waals surface area (Å²) in [5.41, 5.74) is 11.6. The zero-order valence-corrected chi connectivity index (χ0v) is 9.98. The summed E-state index contributed by atoms with van der Waals surface area (Å²) in [4.78, 5) is 18.9. The Labute approximate surface area is 108 Å². The maximum Gasteiger partial charge on any atom is 0.271 e. The number of halogens is 1. The Kier molecular flexibility index (Phi) is 3.59. The van der Waals surface area contributed by atoms with Crippen molar-refractivity contribution in [1.82, 2.24) is 9.97 Å². The van der Waals surface area contributed by atoms with Gasteiger partial charge in [0.25, 0.3) is 5.91 Å². The highest BCUT2D eigenvalue weighted by atomic mass is 35.5. The lowest BCUT2D eigenvalue weighted by atomic mass is 10.3. The van der Waals surface area contributed by atoms with Crippen molar-refractivity contribution in [1.29, 1.82) is 0 Å². The monoisotopic (exact) mass is 263 g/mol. The van der Waals surface area contributed by atoms with Gasteiger partial charge in [0.05, 0.1) is 5.69 Å². The number of carbonyl (C=O) groups is 1. The molecule has 0 spiro atoms. The molecule has 0 aliphatic carbocycles. The number of primary amides is 1. The van der Waals surface area contributed by atoms with Crippen LogP contribution in [0.15, 0.2) is 36.7 Å². The summed E-state index contributed by atoms with van der Waals surface area (Å²) in [6.07, 6.45) is 2.85. The standard InChI is InChI=1S/C11H10ClN5O/c12-7-1-3-8(4-2-7)16-17-11-9(10(13)18)14-5-6-15-11/h1-6,16H,(H2,13,18)(H,15,17). The molecule has 2 rings (SSSR count). The maximum absolute atomic E-state index is 11.1. The second kappa shape index (κ2) is 5.33. The van der Waals surface area contributed by atoms with Gasteiger partial charge in [0.2, 0.25) is 0 Å². The van der Waals surface area contributed by atoms with Gasteiger partial charge >= 0.3 is 0 Å². The summed E-state index contributed by atoms with van der Waals surface area (Å²) in [5.74, 6) is -0.386. The van der Waals surface area contributed by atoms with Gasteiger partial charge in [-0.25, -0.2) is 9.97 Å². The van der Waals surface area contributed by atoms with Gasteiger partial charge in [-0.3, -0.25) is 15.6 Å². The Morgan fingerprint density at radius 2 is 1.78 bits per heavy atom. The number of amides is 1. The Morgan fingerprint density at radius 3 is 2.44 bits per heavy atom. The molecule has 92 valence electrons. The van der Waals surface area contributed by atoms with Gasteiger partial charge < -0.3 is 5.73 Å². The molecule has 2 aromatic rings. The molecule has 0 bridgehead atoms. The SMILES string of the molecule is NC(=O)c1nccnc1NNc1ccc(Cl)cc1. The van der Waals surface area contributed by atoms with Crippen molar-refractivity contribution in [2.24, 2.45) is 5.73 Å². The van der Waals surface area contributed by atoms with Crippen LogP contribution >= 0.6 is 11.6 Å². The second-order valence-corrected chi connectivity index (χ2v) is 3.81. The minimum atomic E-state index is -0.650. The van der Waals surface area contributed by atoms with Crippen molar-refractivity contribution in [3.05, 3.63) is 47.4 Å².